The molecule has 0 atom stereocenters. The maximum atomic E-state index is 11.0. The number of amides is 1. The van der Waals surface area contributed by atoms with E-state index in [1.807, 2.05) is 13.8 Å². The van der Waals surface area contributed by atoms with Crippen LogP contribution in [0.2, 0.25) is 0 Å². The first-order chi connectivity index (χ1) is 8.00. The molecule has 4 N–H and O–H groups in total. The number of nitrogen functional groups attached to an aromatic ring is 1. The van der Waals surface area contributed by atoms with E-state index in [1.54, 1.807) is 28.9 Å². The monoisotopic (exact) mass is 230 g/mol. The average Bonchev–Trinajstić information content (AvgIpc) is 2.57. The van der Waals surface area contributed by atoms with Gasteiger partial charge in [-0.3, -0.25) is 4.79 Å². The first kappa shape index (κ1) is 11.2. The van der Waals surface area contributed by atoms with Gasteiger partial charge in [-0.1, -0.05) is 0 Å². The van der Waals surface area contributed by atoms with Crippen molar-refractivity contribution >= 4 is 11.6 Å². The number of hydrogen-bond acceptors (Lipinski definition) is 3. The Kier molecular flexibility index (Phi) is 2.59. The normalized spacial score (nSPS) is 10.5. The van der Waals surface area contributed by atoms with Crippen LogP contribution in [0.4, 0.5) is 5.69 Å². The molecule has 0 unspecified atom stereocenters. The van der Waals surface area contributed by atoms with E-state index in [-0.39, 0.29) is 0 Å². The molecule has 0 radical (unpaired) electrons. The van der Waals surface area contributed by atoms with Crippen molar-refractivity contribution in [2.24, 2.45) is 5.73 Å². The fourth-order valence-electron chi connectivity index (χ4n) is 1.67. The Morgan fingerprint density at radius 2 is 1.82 bits per heavy atom. The number of aromatic nitrogens is 2. The summed E-state index contributed by atoms with van der Waals surface area (Å²) in [5.74, 6) is -0.440. The highest BCUT2D eigenvalue weighted by Crippen LogP contribution is 2.19. The highest BCUT2D eigenvalue weighted by molar-refractivity contribution is 5.92. The smallest absolute Gasteiger partial charge is 0.248 e. The number of anilines is 1. The predicted octanol–water partition coefficient (Wildman–Crippen LogP) is 1.17. The van der Waals surface area contributed by atoms with Gasteiger partial charge >= 0.3 is 0 Å². The molecule has 0 saturated carbocycles. The van der Waals surface area contributed by atoms with Gasteiger partial charge in [0, 0.05) is 5.56 Å². The second-order valence-corrected chi connectivity index (χ2v) is 3.91. The standard InChI is InChI=1S/C12H14N4O/c1-7-11(13)8(2)16(15-7)10-5-3-9(4-6-10)12(14)17/h3-6H,13H2,1-2H3,(H2,14,17). The molecular weight excluding hydrogens is 216 g/mol. The zero-order valence-corrected chi connectivity index (χ0v) is 9.77. The van der Waals surface area contributed by atoms with Crippen LogP contribution in [0.1, 0.15) is 21.7 Å². The fourth-order valence-corrected chi connectivity index (χ4v) is 1.67. The van der Waals surface area contributed by atoms with Gasteiger partial charge in [0.15, 0.2) is 0 Å². The summed E-state index contributed by atoms with van der Waals surface area (Å²) in [6.45, 7) is 3.76. The SMILES string of the molecule is Cc1nn(-c2ccc(C(N)=O)cc2)c(C)c1N. The van der Waals surface area contributed by atoms with E-state index in [0.717, 1.165) is 17.1 Å². The molecular formula is C12H14N4O. The average molecular weight is 230 g/mol. The minimum Gasteiger partial charge on any atom is -0.396 e. The van der Waals surface area contributed by atoms with Gasteiger partial charge in [0.05, 0.1) is 22.8 Å². The minimum atomic E-state index is -0.440. The largest absolute Gasteiger partial charge is 0.396 e. The Hall–Kier alpha value is -2.30. The van der Waals surface area contributed by atoms with Crippen molar-refractivity contribution < 1.29 is 4.79 Å². The van der Waals surface area contributed by atoms with Crippen molar-refractivity contribution in [3.05, 3.63) is 41.2 Å². The maximum absolute atomic E-state index is 11.0. The zero-order chi connectivity index (χ0) is 12.6. The Bertz CT molecular complexity index is 569. The van der Waals surface area contributed by atoms with Crippen molar-refractivity contribution in [3.63, 3.8) is 0 Å². The van der Waals surface area contributed by atoms with Gasteiger partial charge in [-0.25, -0.2) is 4.68 Å². The summed E-state index contributed by atoms with van der Waals surface area (Å²) in [7, 11) is 0. The first-order valence-electron chi connectivity index (χ1n) is 5.22. The molecule has 0 spiro atoms. The van der Waals surface area contributed by atoms with Gasteiger partial charge in [-0.15, -0.1) is 0 Å². The number of nitrogens with zero attached hydrogens (tertiary/aromatic N) is 2. The molecule has 17 heavy (non-hydrogen) atoms. The lowest BCUT2D eigenvalue weighted by molar-refractivity contribution is 0.100. The molecule has 88 valence electrons. The summed E-state index contributed by atoms with van der Waals surface area (Å²) in [5, 5.41) is 4.33. The van der Waals surface area contributed by atoms with E-state index >= 15 is 0 Å². The predicted molar refractivity (Wildman–Crippen MR) is 66.0 cm³/mol. The van der Waals surface area contributed by atoms with Crippen LogP contribution in [0.3, 0.4) is 0 Å². The summed E-state index contributed by atoms with van der Waals surface area (Å²) in [6.07, 6.45) is 0. The van der Waals surface area contributed by atoms with Crippen molar-refractivity contribution in [1.82, 2.24) is 9.78 Å². The van der Waals surface area contributed by atoms with E-state index in [4.69, 9.17) is 11.5 Å². The lowest BCUT2D eigenvalue weighted by Gasteiger charge is -2.04. The van der Waals surface area contributed by atoms with Crippen LogP contribution < -0.4 is 11.5 Å². The van der Waals surface area contributed by atoms with Gasteiger partial charge in [0.1, 0.15) is 0 Å². The quantitative estimate of drug-likeness (QED) is 0.811. The molecule has 1 amide bonds. The third-order valence-corrected chi connectivity index (χ3v) is 2.74. The molecule has 5 nitrogen and oxygen atoms in total. The van der Waals surface area contributed by atoms with Gasteiger partial charge in [0.2, 0.25) is 5.91 Å². The fraction of sp³-hybridized carbons (Fsp3) is 0.167. The first-order valence-corrected chi connectivity index (χ1v) is 5.22. The second kappa shape index (κ2) is 3.93. The van der Waals surface area contributed by atoms with Crippen molar-refractivity contribution in [1.29, 1.82) is 0 Å². The van der Waals surface area contributed by atoms with Crippen LogP contribution >= 0.6 is 0 Å². The third kappa shape index (κ3) is 1.87. The van der Waals surface area contributed by atoms with E-state index in [0.29, 0.717) is 11.3 Å². The van der Waals surface area contributed by atoms with Gasteiger partial charge in [0.25, 0.3) is 0 Å². The molecule has 0 aliphatic heterocycles. The van der Waals surface area contributed by atoms with Gasteiger partial charge < -0.3 is 11.5 Å². The number of hydrogen-bond donors (Lipinski definition) is 2. The number of carbonyl (C=O) groups excluding carboxylic acids is 1. The van der Waals surface area contributed by atoms with Crippen LogP contribution in [0.15, 0.2) is 24.3 Å². The molecule has 1 aromatic heterocycles. The van der Waals surface area contributed by atoms with Crippen LogP contribution in [0.25, 0.3) is 5.69 Å². The lowest BCUT2D eigenvalue weighted by atomic mass is 10.2. The Morgan fingerprint density at radius 3 is 2.24 bits per heavy atom. The molecule has 0 fully saturated rings. The number of rotatable bonds is 2. The highest BCUT2D eigenvalue weighted by atomic mass is 16.1. The Labute approximate surface area is 99.0 Å². The van der Waals surface area contributed by atoms with Crippen molar-refractivity contribution in [2.75, 3.05) is 5.73 Å². The molecule has 0 aliphatic rings. The lowest BCUT2D eigenvalue weighted by Crippen LogP contribution is -2.11. The number of benzene rings is 1. The molecule has 0 bridgehead atoms. The highest BCUT2D eigenvalue weighted by Gasteiger charge is 2.09. The van der Waals surface area contributed by atoms with Gasteiger partial charge in [-0.2, -0.15) is 5.10 Å². The van der Waals surface area contributed by atoms with Crippen molar-refractivity contribution in [3.8, 4) is 5.69 Å². The minimum absolute atomic E-state index is 0.440. The summed E-state index contributed by atoms with van der Waals surface area (Å²) in [5.41, 5.74) is 14.7. The number of carbonyl (C=O) groups is 1. The number of aryl methyl sites for hydroxylation is 1. The molecule has 1 heterocycles. The Balaban J connectivity index is 2.47. The molecule has 2 rings (SSSR count). The molecule has 5 heteroatoms. The maximum Gasteiger partial charge on any atom is 0.248 e. The van der Waals surface area contributed by atoms with E-state index in [2.05, 4.69) is 5.10 Å². The molecule has 2 aromatic rings. The summed E-state index contributed by atoms with van der Waals surface area (Å²) < 4.78 is 1.75. The summed E-state index contributed by atoms with van der Waals surface area (Å²) in [6, 6.07) is 6.92. The van der Waals surface area contributed by atoms with Crippen LogP contribution in [0.5, 0.6) is 0 Å². The van der Waals surface area contributed by atoms with Crippen molar-refractivity contribution in [2.45, 2.75) is 13.8 Å². The number of nitrogens with two attached hydrogens (primary N) is 2. The van der Waals surface area contributed by atoms with Crippen LogP contribution in [0, 0.1) is 13.8 Å². The number of primary amides is 1. The van der Waals surface area contributed by atoms with Crippen LogP contribution in [-0.4, -0.2) is 15.7 Å². The van der Waals surface area contributed by atoms with E-state index < -0.39 is 5.91 Å². The van der Waals surface area contributed by atoms with E-state index in [9.17, 15) is 4.79 Å². The zero-order valence-electron chi connectivity index (χ0n) is 9.77. The molecule has 0 saturated heterocycles. The van der Waals surface area contributed by atoms with Crippen LogP contribution in [-0.2, 0) is 0 Å². The topological polar surface area (TPSA) is 86.9 Å². The molecule has 1 aromatic carbocycles. The Morgan fingerprint density at radius 1 is 1.24 bits per heavy atom. The third-order valence-electron chi connectivity index (χ3n) is 2.74. The summed E-state index contributed by atoms with van der Waals surface area (Å²) in [4.78, 5) is 11.0. The molecule has 0 aliphatic carbocycles. The van der Waals surface area contributed by atoms with Gasteiger partial charge in [-0.05, 0) is 38.1 Å². The summed E-state index contributed by atoms with van der Waals surface area (Å²) >= 11 is 0. The van der Waals surface area contributed by atoms with E-state index in [1.165, 1.54) is 0 Å². The second-order valence-electron chi connectivity index (χ2n) is 3.91.